The normalized spacial score (nSPS) is 19.6. The maximum absolute atomic E-state index is 12.8. The minimum absolute atomic E-state index is 0.152. The molecule has 1 saturated heterocycles. The molecule has 2 amide bonds. The summed E-state index contributed by atoms with van der Waals surface area (Å²) in [5.74, 6) is 0.259. The second-order valence-corrected chi connectivity index (χ2v) is 8.36. The number of likely N-dealkylation sites (tertiary alicyclic amines) is 1. The highest BCUT2D eigenvalue weighted by Crippen LogP contribution is 2.31. The van der Waals surface area contributed by atoms with Crippen molar-refractivity contribution in [2.24, 2.45) is 5.92 Å². The summed E-state index contributed by atoms with van der Waals surface area (Å²) in [5, 5.41) is 3.06. The van der Waals surface area contributed by atoms with Crippen molar-refractivity contribution >= 4 is 33.4 Å². The van der Waals surface area contributed by atoms with Gasteiger partial charge in [0.05, 0.1) is 11.3 Å². The summed E-state index contributed by atoms with van der Waals surface area (Å²) in [6, 6.07) is 11.2. The van der Waals surface area contributed by atoms with Crippen LogP contribution in [0.5, 0.6) is 0 Å². The molecule has 1 atom stereocenters. The first-order valence-electron chi connectivity index (χ1n) is 9.67. The fraction of sp³-hybridized carbons (Fsp3) is 0.429. The van der Waals surface area contributed by atoms with E-state index in [4.69, 9.17) is 4.42 Å². The van der Waals surface area contributed by atoms with Gasteiger partial charge in [0.25, 0.3) is 11.8 Å². The molecule has 148 valence electrons. The summed E-state index contributed by atoms with van der Waals surface area (Å²) in [6.07, 6.45) is 3.77. The molecule has 0 spiro atoms. The minimum Gasteiger partial charge on any atom is -0.444 e. The SMILES string of the molecule is CN(C(=O)c1ccc(Br)o1)c1ccccc1C(=O)NCC1CCN(C2CC2)C1. The molecule has 1 aromatic carbocycles. The van der Waals surface area contributed by atoms with Crippen LogP contribution in [-0.2, 0) is 0 Å². The lowest BCUT2D eigenvalue weighted by molar-refractivity contribution is 0.0947. The number of nitrogens with zero attached hydrogens (tertiary/aromatic N) is 2. The maximum Gasteiger partial charge on any atom is 0.293 e. The molecular formula is C21H24BrN3O3. The topological polar surface area (TPSA) is 65.8 Å². The van der Waals surface area contributed by atoms with Gasteiger partial charge >= 0.3 is 0 Å². The predicted octanol–water partition coefficient (Wildman–Crippen LogP) is 3.53. The smallest absolute Gasteiger partial charge is 0.293 e. The van der Waals surface area contributed by atoms with Crippen molar-refractivity contribution in [2.45, 2.75) is 25.3 Å². The van der Waals surface area contributed by atoms with Gasteiger partial charge in [-0.2, -0.15) is 0 Å². The monoisotopic (exact) mass is 445 g/mol. The van der Waals surface area contributed by atoms with Gasteiger partial charge in [0.1, 0.15) is 0 Å². The summed E-state index contributed by atoms with van der Waals surface area (Å²) in [4.78, 5) is 29.5. The van der Waals surface area contributed by atoms with Gasteiger partial charge in [0.15, 0.2) is 10.4 Å². The van der Waals surface area contributed by atoms with Gasteiger partial charge in [-0.3, -0.25) is 9.59 Å². The number of hydrogen-bond donors (Lipinski definition) is 1. The third kappa shape index (κ3) is 4.15. The second-order valence-electron chi connectivity index (χ2n) is 7.58. The summed E-state index contributed by atoms with van der Waals surface area (Å²) in [7, 11) is 1.65. The highest BCUT2D eigenvalue weighted by molar-refractivity contribution is 9.10. The minimum atomic E-state index is -0.304. The first kappa shape index (κ1) is 19.2. The largest absolute Gasteiger partial charge is 0.444 e. The Labute approximate surface area is 173 Å². The van der Waals surface area contributed by atoms with Gasteiger partial charge in [-0.15, -0.1) is 0 Å². The van der Waals surface area contributed by atoms with Crippen LogP contribution in [0.15, 0.2) is 45.5 Å². The highest BCUT2D eigenvalue weighted by Gasteiger charge is 2.34. The first-order chi connectivity index (χ1) is 13.5. The lowest BCUT2D eigenvalue weighted by atomic mass is 10.1. The van der Waals surface area contributed by atoms with E-state index in [1.54, 1.807) is 31.3 Å². The molecule has 7 heteroatoms. The van der Waals surface area contributed by atoms with Crippen LogP contribution in [0.4, 0.5) is 5.69 Å². The molecule has 0 bridgehead atoms. The molecule has 28 heavy (non-hydrogen) atoms. The van der Waals surface area contributed by atoms with Gasteiger partial charge in [-0.05, 0) is 71.9 Å². The summed E-state index contributed by atoms with van der Waals surface area (Å²) < 4.78 is 5.85. The average molecular weight is 446 g/mol. The Hall–Kier alpha value is -2.12. The van der Waals surface area contributed by atoms with Gasteiger partial charge < -0.3 is 19.5 Å². The molecule has 2 heterocycles. The van der Waals surface area contributed by atoms with E-state index in [0.717, 1.165) is 25.6 Å². The van der Waals surface area contributed by atoms with E-state index in [2.05, 4.69) is 26.1 Å². The molecule has 2 fully saturated rings. The maximum atomic E-state index is 12.8. The Morgan fingerprint density at radius 1 is 1.21 bits per heavy atom. The average Bonchev–Trinajstić information content (AvgIpc) is 3.29. The third-order valence-corrected chi connectivity index (χ3v) is 5.96. The Bertz CT molecular complexity index is 877. The molecule has 2 aromatic rings. The first-order valence-corrected chi connectivity index (χ1v) is 10.5. The second kappa shape index (κ2) is 8.09. The Morgan fingerprint density at radius 2 is 2.00 bits per heavy atom. The number of nitrogens with one attached hydrogen (secondary N) is 1. The number of carbonyl (C=O) groups is 2. The number of para-hydroxylation sites is 1. The van der Waals surface area contributed by atoms with Crippen LogP contribution in [0.3, 0.4) is 0 Å². The molecule has 6 nitrogen and oxygen atoms in total. The summed E-state index contributed by atoms with van der Waals surface area (Å²) in [6.45, 7) is 2.87. The Morgan fingerprint density at radius 3 is 2.71 bits per heavy atom. The van der Waals surface area contributed by atoms with Crippen LogP contribution < -0.4 is 10.2 Å². The number of benzene rings is 1. The van der Waals surface area contributed by atoms with Crippen molar-refractivity contribution in [1.82, 2.24) is 10.2 Å². The van der Waals surface area contributed by atoms with Crippen LogP contribution in [0, 0.1) is 5.92 Å². The molecule has 1 unspecified atom stereocenters. The lowest BCUT2D eigenvalue weighted by Gasteiger charge is -2.20. The van der Waals surface area contributed by atoms with E-state index in [9.17, 15) is 9.59 Å². The summed E-state index contributed by atoms with van der Waals surface area (Å²) in [5.41, 5.74) is 1.05. The standard InChI is InChI=1S/C21H24BrN3O3/c1-24(21(27)18-8-9-19(22)28-18)17-5-3-2-4-16(17)20(26)23-12-14-10-11-25(13-14)15-6-7-15/h2-5,8-9,14-15H,6-7,10-13H2,1H3,(H,23,26). The van der Waals surface area contributed by atoms with E-state index < -0.39 is 0 Å². The molecule has 0 radical (unpaired) electrons. The fourth-order valence-corrected chi connectivity index (χ4v) is 4.10. The number of hydrogen-bond acceptors (Lipinski definition) is 4. The van der Waals surface area contributed by atoms with Crippen molar-refractivity contribution in [3.63, 3.8) is 0 Å². The van der Waals surface area contributed by atoms with Crippen molar-refractivity contribution in [3.8, 4) is 0 Å². The Kier molecular flexibility index (Phi) is 5.55. The molecule has 1 saturated carbocycles. The number of carbonyl (C=O) groups excluding carboxylic acids is 2. The van der Waals surface area contributed by atoms with Crippen LogP contribution in [0.2, 0.25) is 0 Å². The number of amides is 2. The fourth-order valence-electron chi connectivity index (χ4n) is 3.79. The van der Waals surface area contributed by atoms with Crippen molar-refractivity contribution in [1.29, 1.82) is 0 Å². The molecule has 2 aliphatic rings. The zero-order valence-electron chi connectivity index (χ0n) is 15.9. The number of halogens is 1. The van der Waals surface area contributed by atoms with E-state index in [1.165, 1.54) is 17.7 Å². The quantitative estimate of drug-likeness (QED) is 0.738. The predicted molar refractivity (Wildman–Crippen MR) is 111 cm³/mol. The molecule has 4 rings (SSSR count). The van der Waals surface area contributed by atoms with Crippen LogP contribution in [0.1, 0.15) is 40.2 Å². The number of furan rings is 1. The van der Waals surface area contributed by atoms with Gasteiger partial charge in [-0.25, -0.2) is 0 Å². The van der Waals surface area contributed by atoms with E-state index in [-0.39, 0.29) is 17.6 Å². The van der Waals surface area contributed by atoms with E-state index in [0.29, 0.717) is 28.4 Å². The van der Waals surface area contributed by atoms with E-state index >= 15 is 0 Å². The molecule has 1 aromatic heterocycles. The lowest BCUT2D eigenvalue weighted by Crippen LogP contribution is -2.33. The zero-order chi connectivity index (χ0) is 19.7. The number of anilines is 1. The van der Waals surface area contributed by atoms with Crippen molar-refractivity contribution in [3.05, 3.63) is 52.4 Å². The molecule has 1 N–H and O–H groups in total. The highest BCUT2D eigenvalue weighted by atomic mass is 79.9. The summed E-state index contributed by atoms with van der Waals surface area (Å²) >= 11 is 3.21. The third-order valence-electron chi connectivity index (χ3n) is 5.53. The molecule has 1 aliphatic carbocycles. The zero-order valence-corrected chi connectivity index (χ0v) is 17.4. The van der Waals surface area contributed by atoms with Gasteiger partial charge in [-0.1, -0.05) is 12.1 Å². The van der Waals surface area contributed by atoms with E-state index in [1.807, 2.05) is 12.1 Å². The molecule has 1 aliphatic heterocycles. The van der Waals surface area contributed by atoms with Crippen LogP contribution >= 0.6 is 15.9 Å². The van der Waals surface area contributed by atoms with Gasteiger partial charge in [0.2, 0.25) is 0 Å². The number of rotatable bonds is 6. The van der Waals surface area contributed by atoms with Crippen LogP contribution in [-0.4, -0.2) is 49.4 Å². The Balaban J connectivity index is 1.41. The van der Waals surface area contributed by atoms with Gasteiger partial charge in [0, 0.05) is 26.2 Å². The van der Waals surface area contributed by atoms with Crippen molar-refractivity contribution < 1.29 is 14.0 Å². The molecular weight excluding hydrogens is 422 g/mol. The van der Waals surface area contributed by atoms with Crippen LogP contribution in [0.25, 0.3) is 0 Å². The van der Waals surface area contributed by atoms with Crippen molar-refractivity contribution in [2.75, 3.05) is 31.6 Å².